The largest absolute Gasteiger partial charge is 0.416 e. The van der Waals surface area contributed by atoms with Gasteiger partial charge in [0.25, 0.3) is 5.91 Å². The van der Waals surface area contributed by atoms with Crippen molar-refractivity contribution in [3.8, 4) is 0 Å². The highest BCUT2D eigenvalue weighted by atomic mass is 32.2. The van der Waals surface area contributed by atoms with Crippen LogP contribution < -0.4 is 0 Å². The lowest BCUT2D eigenvalue weighted by Crippen LogP contribution is -2.41. The quantitative estimate of drug-likeness (QED) is 0.680. The van der Waals surface area contributed by atoms with Gasteiger partial charge in [-0.1, -0.05) is 32.0 Å². The van der Waals surface area contributed by atoms with Crippen molar-refractivity contribution in [3.05, 3.63) is 52.3 Å². The van der Waals surface area contributed by atoms with E-state index in [1.807, 2.05) is 13.8 Å². The second kappa shape index (κ2) is 9.33. The standard InChI is InChI=1S/C23H29F3N4O3S/c1-15(2)14-34(32,33)30-12-9-20-18(13-30)21(28-27-20)22(31)29-10-7-16(8-11-29)17-5-3-4-6-19(17)23(24,25)26/h3-6,15-16H,7-14H2,1-2H3,(H,27,28). The molecule has 1 aromatic carbocycles. The minimum atomic E-state index is -4.42. The summed E-state index contributed by atoms with van der Waals surface area (Å²) in [4.78, 5) is 14.8. The van der Waals surface area contributed by atoms with E-state index in [2.05, 4.69) is 10.2 Å². The molecule has 1 fully saturated rings. The van der Waals surface area contributed by atoms with Crippen LogP contribution in [-0.4, -0.2) is 59.1 Å². The van der Waals surface area contributed by atoms with Crippen LogP contribution in [0.5, 0.6) is 0 Å². The third kappa shape index (κ3) is 5.00. The van der Waals surface area contributed by atoms with Crippen LogP contribution in [0.4, 0.5) is 13.2 Å². The first-order valence-corrected chi connectivity index (χ1v) is 13.1. The van der Waals surface area contributed by atoms with Gasteiger partial charge in [-0.3, -0.25) is 9.89 Å². The summed E-state index contributed by atoms with van der Waals surface area (Å²) in [6, 6.07) is 5.61. The molecule has 3 heterocycles. The number of fused-ring (bicyclic) bond motifs is 1. The summed E-state index contributed by atoms with van der Waals surface area (Å²) in [5, 5.41) is 7.06. The van der Waals surface area contributed by atoms with Gasteiger partial charge < -0.3 is 4.90 Å². The molecule has 7 nitrogen and oxygen atoms in total. The number of H-pyrrole nitrogens is 1. The highest BCUT2D eigenvalue weighted by molar-refractivity contribution is 7.89. The first-order chi connectivity index (χ1) is 16.0. The third-order valence-corrected chi connectivity index (χ3v) is 8.71. The van der Waals surface area contributed by atoms with Crippen LogP contribution >= 0.6 is 0 Å². The topological polar surface area (TPSA) is 86.4 Å². The number of likely N-dealkylation sites (tertiary alicyclic amines) is 1. The first kappa shape index (κ1) is 24.7. The Morgan fingerprint density at radius 3 is 2.50 bits per heavy atom. The van der Waals surface area contributed by atoms with Gasteiger partial charge in [0.2, 0.25) is 10.0 Å². The summed E-state index contributed by atoms with van der Waals surface area (Å²) in [7, 11) is -3.45. The van der Waals surface area contributed by atoms with Gasteiger partial charge in [0.15, 0.2) is 5.69 Å². The molecule has 11 heteroatoms. The van der Waals surface area contributed by atoms with Crippen molar-refractivity contribution in [3.63, 3.8) is 0 Å². The molecule has 186 valence electrons. The number of halogens is 3. The Labute approximate surface area is 197 Å². The lowest BCUT2D eigenvalue weighted by Gasteiger charge is -2.33. The van der Waals surface area contributed by atoms with Crippen LogP contribution in [0.1, 0.15) is 65.5 Å². The van der Waals surface area contributed by atoms with E-state index in [0.717, 1.165) is 11.8 Å². The molecule has 1 amide bonds. The summed E-state index contributed by atoms with van der Waals surface area (Å²) >= 11 is 0. The molecule has 1 saturated heterocycles. The van der Waals surface area contributed by atoms with Gasteiger partial charge >= 0.3 is 6.18 Å². The Morgan fingerprint density at radius 1 is 1.18 bits per heavy atom. The van der Waals surface area contributed by atoms with Gasteiger partial charge in [-0.15, -0.1) is 0 Å². The second-order valence-corrected chi connectivity index (χ2v) is 11.5. The molecule has 2 aliphatic heterocycles. The van der Waals surface area contributed by atoms with Crippen LogP contribution in [0.25, 0.3) is 0 Å². The zero-order chi connectivity index (χ0) is 24.7. The van der Waals surface area contributed by atoms with Gasteiger partial charge in [-0.2, -0.15) is 22.6 Å². The van der Waals surface area contributed by atoms with Gasteiger partial charge in [-0.25, -0.2) is 8.42 Å². The number of carbonyl (C=O) groups is 1. The minimum Gasteiger partial charge on any atom is -0.337 e. The van der Waals surface area contributed by atoms with Crippen molar-refractivity contribution in [2.24, 2.45) is 5.92 Å². The molecule has 0 unspecified atom stereocenters. The number of benzene rings is 1. The molecular formula is C23H29F3N4O3S. The van der Waals surface area contributed by atoms with E-state index < -0.39 is 21.8 Å². The van der Waals surface area contributed by atoms with E-state index in [9.17, 15) is 26.4 Å². The Balaban J connectivity index is 1.47. The molecule has 0 radical (unpaired) electrons. The van der Waals surface area contributed by atoms with Gasteiger partial charge in [0.1, 0.15) is 0 Å². The van der Waals surface area contributed by atoms with E-state index in [1.54, 1.807) is 11.0 Å². The summed E-state index contributed by atoms with van der Waals surface area (Å²) in [6.45, 7) is 4.74. The Hall–Kier alpha value is -2.40. The summed E-state index contributed by atoms with van der Waals surface area (Å²) in [5.41, 5.74) is 1.20. The fourth-order valence-corrected chi connectivity index (χ4v) is 6.61. The van der Waals surface area contributed by atoms with Crippen LogP contribution in [0.15, 0.2) is 24.3 Å². The molecule has 0 spiro atoms. The predicted molar refractivity (Wildman–Crippen MR) is 121 cm³/mol. The van der Waals surface area contributed by atoms with Gasteiger partial charge in [0, 0.05) is 43.9 Å². The summed E-state index contributed by atoms with van der Waals surface area (Å²) in [6.07, 6.45) is -3.14. The fourth-order valence-electron chi connectivity index (χ4n) is 4.87. The molecule has 0 bridgehead atoms. The average molecular weight is 499 g/mol. The number of nitrogens with zero attached hydrogens (tertiary/aromatic N) is 3. The predicted octanol–water partition coefficient (Wildman–Crippen LogP) is 3.79. The number of rotatable bonds is 5. The lowest BCUT2D eigenvalue weighted by molar-refractivity contribution is -0.138. The molecule has 0 aliphatic carbocycles. The molecule has 0 atom stereocenters. The second-order valence-electron chi connectivity index (χ2n) is 9.44. The number of hydrogen-bond donors (Lipinski definition) is 1. The molecule has 4 rings (SSSR count). The Bertz CT molecular complexity index is 1150. The van der Waals surface area contributed by atoms with Crippen LogP contribution in [0, 0.1) is 5.92 Å². The maximum atomic E-state index is 13.4. The normalized spacial score (nSPS) is 18.4. The van der Waals surface area contributed by atoms with Crippen molar-refractivity contribution in [1.29, 1.82) is 0 Å². The van der Waals surface area contributed by atoms with Gasteiger partial charge in [-0.05, 0) is 36.3 Å². The smallest absolute Gasteiger partial charge is 0.337 e. The molecule has 2 aromatic rings. The van der Waals surface area contributed by atoms with E-state index in [4.69, 9.17) is 0 Å². The van der Waals surface area contributed by atoms with Gasteiger partial charge in [0.05, 0.1) is 11.3 Å². The molecule has 0 saturated carbocycles. The SMILES string of the molecule is CC(C)CS(=O)(=O)N1CCc2[nH]nc(C(=O)N3CCC(c4ccccc4C(F)(F)F)CC3)c2C1. The molecule has 1 N–H and O–H groups in total. The van der Waals surface area contributed by atoms with Crippen LogP contribution in [-0.2, 0) is 29.2 Å². The number of hydrogen-bond acceptors (Lipinski definition) is 4. The lowest BCUT2D eigenvalue weighted by atomic mass is 9.86. The minimum absolute atomic E-state index is 0.0133. The van der Waals surface area contributed by atoms with E-state index in [-0.39, 0.29) is 41.3 Å². The number of alkyl halides is 3. The summed E-state index contributed by atoms with van der Waals surface area (Å²) in [5.74, 6) is -0.577. The molecule has 2 aliphatic rings. The zero-order valence-corrected chi connectivity index (χ0v) is 20.0. The molecular weight excluding hydrogens is 469 g/mol. The van der Waals surface area contributed by atoms with Crippen LogP contribution in [0.3, 0.4) is 0 Å². The van der Waals surface area contributed by atoms with E-state index >= 15 is 0 Å². The Morgan fingerprint density at radius 2 is 1.85 bits per heavy atom. The first-order valence-electron chi connectivity index (χ1n) is 11.5. The number of nitrogens with one attached hydrogen (secondary N) is 1. The summed E-state index contributed by atoms with van der Waals surface area (Å²) < 4.78 is 67.1. The third-order valence-electron chi connectivity index (χ3n) is 6.53. The highest BCUT2D eigenvalue weighted by Gasteiger charge is 2.37. The molecule has 34 heavy (non-hydrogen) atoms. The van der Waals surface area contributed by atoms with Crippen molar-refractivity contribution < 1.29 is 26.4 Å². The van der Waals surface area contributed by atoms with Crippen molar-refractivity contribution in [2.45, 2.75) is 51.7 Å². The average Bonchev–Trinajstić information content (AvgIpc) is 3.21. The number of sulfonamides is 1. The van der Waals surface area contributed by atoms with Crippen molar-refractivity contribution in [1.82, 2.24) is 19.4 Å². The monoisotopic (exact) mass is 498 g/mol. The van der Waals surface area contributed by atoms with Crippen molar-refractivity contribution >= 4 is 15.9 Å². The zero-order valence-electron chi connectivity index (χ0n) is 19.2. The number of aromatic amines is 1. The maximum absolute atomic E-state index is 13.4. The Kier molecular flexibility index (Phi) is 6.78. The fraction of sp³-hybridized carbons (Fsp3) is 0.565. The number of carbonyl (C=O) groups excluding carboxylic acids is 1. The number of amides is 1. The number of piperidine rings is 1. The molecule has 1 aromatic heterocycles. The number of aromatic nitrogens is 2. The van der Waals surface area contributed by atoms with Crippen LogP contribution in [0.2, 0.25) is 0 Å². The maximum Gasteiger partial charge on any atom is 0.416 e. The van der Waals surface area contributed by atoms with Crippen molar-refractivity contribution in [2.75, 3.05) is 25.4 Å². The highest BCUT2D eigenvalue weighted by Crippen LogP contribution is 2.39. The van der Waals surface area contributed by atoms with E-state index in [1.165, 1.54) is 16.4 Å². The van der Waals surface area contributed by atoms with E-state index in [0.29, 0.717) is 44.5 Å².